The zero-order valence-electron chi connectivity index (χ0n) is 77.2. The molecule has 8 heterocycles. The van der Waals surface area contributed by atoms with Gasteiger partial charge < -0.3 is 17.7 Å². The van der Waals surface area contributed by atoms with Crippen LogP contribution in [0.3, 0.4) is 0 Å². The van der Waals surface area contributed by atoms with Crippen LogP contribution >= 0.6 is 0 Å². The minimum Gasteiger partial charge on any atom is -0.456 e. The maximum atomic E-state index is 8.98. The van der Waals surface area contributed by atoms with E-state index in [0.717, 1.165) is 162 Å². The third-order valence-electron chi connectivity index (χ3n) is 27.1. The molecule has 14 aromatic carbocycles. The summed E-state index contributed by atoms with van der Waals surface area (Å²) in [6, 6.07) is 94.5. The maximum absolute atomic E-state index is 8.98. The molecule has 2 fully saturated rings. The first-order valence-corrected chi connectivity index (χ1v) is 44.7. The van der Waals surface area contributed by atoms with E-state index < -0.39 is 12.7 Å². The molecule has 0 aliphatic heterocycles. The van der Waals surface area contributed by atoms with Crippen LogP contribution < -0.4 is 18.3 Å². The Morgan fingerprint density at radius 2 is 0.664 bits per heavy atom. The van der Waals surface area contributed by atoms with Gasteiger partial charge in [-0.25, -0.2) is 18.3 Å². The van der Waals surface area contributed by atoms with E-state index in [1.807, 2.05) is 38.6 Å². The van der Waals surface area contributed by atoms with E-state index in [2.05, 4.69) is 348 Å². The number of hydrogen-bond donors (Lipinski definition) is 0. The van der Waals surface area contributed by atoms with Crippen LogP contribution in [0.4, 0.5) is 0 Å². The molecule has 0 saturated heterocycles. The highest BCUT2D eigenvalue weighted by molar-refractivity contribution is 6.18. The lowest BCUT2D eigenvalue weighted by molar-refractivity contribution is -0.660. The zero-order valence-corrected chi connectivity index (χ0v) is 73.2. The summed E-state index contributed by atoms with van der Waals surface area (Å²) in [6.45, 7) is 15.3. The summed E-state index contributed by atoms with van der Waals surface area (Å²) >= 11 is 0. The van der Waals surface area contributed by atoms with Crippen molar-refractivity contribution in [3.05, 3.63) is 336 Å². The predicted octanol–water partition coefficient (Wildman–Crippen LogP) is 29.8. The second kappa shape index (κ2) is 32.3. The van der Waals surface area contributed by atoms with Crippen LogP contribution in [0.15, 0.2) is 309 Å². The second-order valence-electron chi connectivity index (χ2n) is 35.8. The van der Waals surface area contributed by atoms with Gasteiger partial charge >= 0.3 is 0 Å². The van der Waals surface area contributed by atoms with Crippen molar-refractivity contribution in [3.8, 4) is 45.0 Å². The fraction of sp³-hybridized carbons (Fsp3) is 0.214. The summed E-state index contributed by atoms with van der Waals surface area (Å²) in [5, 5.41) is 23.8. The van der Waals surface area contributed by atoms with Crippen molar-refractivity contribution in [1.29, 1.82) is 0 Å². The zero-order chi connectivity index (χ0) is 88.6. The number of nitrogens with zero attached hydrogens (tertiary/aromatic N) is 4. The highest BCUT2D eigenvalue weighted by Crippen LogP contribution is 2.46. The minimum atomic E-state index is -1.32. The summed E-state index contributed by atoms with van der Waals surface area (Å²) in [4.78, 5) is 0. The van der Waals surface area contributed by atoms with Gasteiger partial charge in [-0.15, -0.1) is 0 Å². The molecular weight excluding hydrogens is 1530 g/mol. The topological polar surface area (TPSA) is 68.1 Å². The van der Waals surface area contributed by atoms with Gasteiger partial charge in [-0.3, -0.25) is 0 Å². The van der Waals surface area contributed by atoms with Gasteiger partial charge in [-0.2, -0.15) is 0 Å². The molecule has 0 amide bonds. The van der Waals surface area contributed by atoms with Gasteiger partial charge in [0.05, 0.1) is 21.9 Å². The Kier molecular flexibility index (Phi) is 19.1. The molecule has 2 aliphatic carbocycles. The third-order valence-corrected chi connectivity index (χ3v) is 27.1. The second-order valence-corrected chi connectivity index (χ2v) is 35.8. The van der Waals surface area contributed by atoms with Crippen molar-refractivity contribution in [2.24, 2.45) is 40.0 Å². The van der Waals surface area contributed by atoms with Gasteiger partial charge in [0.15, 0.2) is 24.8 Å². The number of fused-ring (bicyclic) bond motifs is 18. The SMILES string of the molecule is Cc1cc2c(oc3cc4ccccc4cc32)c(-c2c3ccc(C(C)C)cc3cc[n+]2C)c1C.Cc1ccc2c(oc3cc4ccccc4cc32)c1-c1c2ccccc2cc[n+]1C.[2H]C([2H])(c1cc[n+](C)c(-c2cc3c(cc2C)oc2cc4ccccc4cc23)c1)C1CCCC1.[2H]C([2H])(c1cc[n+](C)c(-c2cc3c(cc2C)oc2cc4ccccc4cc23)c1)C1CCCCC1. The lowest BCUT2D eigenvalue weighted by Gasteiger charge is -2.21. The molecule has 2 saturated carbocycles. The van der Waals surface area contributed by atoms with Crippen LogP contribution in [-0.4, -0.2) is 0 Å². The standard InChI is InChI=1S/C31H28NO.C30H30NO.C29H28NO.C27H20NO/c1-18(2)21-10-11-25-24(15-21)12-13-32(5)30(25)29-20(4)19(3)14-27-26-16-22-8-6-7-9-23(22)17-28(26)33-31(27)29;1-20-14-29-27(26-17-23-10-6-7-11-24(23)18-30(26)32-29)19-25(20)28-16-22(12-13-31(28)2)15-21-8-4-3-5-9-21;1-19-13-28-26(25-16-22-9-5-6-10-23(22)17-29(25)31-28)18-24(19)27-15-21(11-12-30(27)2)14-20-7-3-4-8-20;1-17-11-12-22-23-15-19-8-3-4-9-20(19)16-24(23)29-27(22)25(17)26-21-10-6-5-7-18(21)13-14-28(26)2/h6-18H,1-5H3;6-7,10-14,16-19,21H,3-5,8-9,15H2,1-2H3;5-6,9-13,15-18,20H,3-4,7-8,14H2,1-2H3;3-16H,1-2H3/q4*+1/i;15D2;14D2;. The Balaban J connectivity index is 0.000000104. The molecule has 24 rings (SSSR count). The highest BCUT2D eigenvalue weighted by atomic mass is 16.3. The Labute approximate surface area is 735 Å². The van der Waals surface area contributed by atoms with Gasteiger partial charge in [-0.05, 0) is 254 Å². The van der Waals surface area contributed by atoms with E-state index in [4.69, 9.17) is 23.2 Å². The Morgan fingerprint density at radius 1 is 0.296 bits per heavy atom. The summed E-state index contributed by atoms with van der Waals surface area (Å²) in [5.74, 6) is 0.702. The van der Waals surface area contributed by atoms with E-state index in [9.17, 15) is 0 Å². The van der Waals surface area contributed by atoms with Gasteiger partial charge in [0, 0.05) is 96.1 Å². The third kappa shape index (κ3) is 14.6. The summed E-state index contributed by atoms with van der Waals surface area (Å²) in [7, 11) is 8.32. The van der Waals surface area contributed by atoms with E-state index >= 15 is 0 Å². The molecule has 2 aliphatic rings. The average molecular weight is 1640 g/mol. The molecule has 8 aromatic heterocycles. The molecule has 0 spiro atoms. The lowest BCUT2D eigenvalue weighted by Crippen LogP contribution is -2.31. The summed E-state index contributed by atoms with van der Waals surface area (Å²) in [6.07, 6.45) is 15.4. The fourth-order valence-electron chi connectivity index (χ4n) is 20.1. The monoisotopic (exact) mass is 1630 g/mol. The van der Waals surface area contributed by atoms with Crippen molar-refractivity contribution >= 4 is 152 Å². The van der Waals surface area contributed by atoms with Crippen LogP contribution in [0.25, 0.3) is 197 Å². The van der Waals surface area contributed by atoms with E-state index in [0.29, 0.717) is 5.92 Å². The molecule has 125 heavy (non-hydrogen) atoms. The first-order chi connectivity index (χ1) is 62.4. The van der Waals surface area contributed by atoms with Gasteiger partial charge in [0.2, 0.25) is 22.8 Å². The summed E-state index contributed by atoms with van der Waals surface area (Å²) < 4.78 is 70.0. The molecule has 614 valence electrons. The molecule has 8 heteroatoms. The predicted molar refractivity (Wildman–Crippen MR) is 520 cm³/mol. The Bertz CT molecular complexity index is 8300. The van der Waals surface area contributed by atoms with E-state index in [-0.39, 0.29) is 11.8 Å². The molecule has 22 aromatic rings. The number of furan rings is 4. The Morgan fingerprint density at radius 3 is 1.14 bits per heavy atom. The quantitative estimate of drug-likeness (QED) is 0.135. The smallest absolute Gasteiger partial charge is 0.224 e. The molecule has 0 radical (unpaired) electrons. The van der Waals surface area contributed by atoms with Crippen molar-refractivity contribution in [3.63, 3.8) is 0 Å². The molecule has 0 bridgehead atoms. The first kappa shape index (κ1) is 74.1. The minimum absolute atomic E-state index is 0.0940. The largest absolute Gasteiger partial charge is 0.456 e. The maximum Gasteiger partial charge on any atom is 0.224 e. The molecule has 0 atom stereocenters. The highest BCUT2D eigenvalue weighted by Gasteiger charge is 2.29. The molecular formula is C117H106N4O4+4. The van der Waals surface area contributed by atoms with Crippen LogP contribution in [0, 0.1) is 46.5 Å². The number of benzene rings is 14. The molecule has 0 N–H and O–H groups in total. The van der Waals surface area contributed by atoms with Crippen molar-refractivity contribution in [2.75, 3.05) is 0 Å². The van der Waals surface area contributed by atoms with Gasteiger partial charge in [-0.1, -0.05) is 211 Å². The number of pyridine rings is 4. The average Bonchev–Trinajstić information content (AvgIpc) is 1.61. The first-order valence-electron chi connectivity index (χ1n) is 46.7. The van der Waals surface area contributed by atoms with E-state index in [1.54, 1.807) is 0 Å². The van der Waals surface area contributed by atoms with E-state index in [1.165, 1.54) is 137 Å². The number of aromatic nitrogens is 4. The van der Waals surface area contributed by atoms with Crippen LogP contribution in [-0.2, 0) is 40.9 Å². The van der Waals surface area contributed by atoms with Crippen molar-refractivity contribution in [1.82, 2.24) is 0 Å². The molecule has 8 nitrogen and oxygen atoms in total. The van der Waals surface area contributed by atoms with Gasteiger partial charge in [0.25, 0.3) is 0 Å². The fourth-order valence-corrected chi connectivity index (χ4v) is 20.1. The lowest BCUT2D eigenvalue weighted by atomic mass is 9.85. The van der Waals surface area contributed by atoms with Crippen LogP contribution in [0.5, 0.6) is 0 Å². The normalized spacial score (nSPS) is 14.2. The molecule has 0 unspecified atom stereocenters. The number of rotatable bonds is 9. The van der Waals surface area contributed by atoms with Gasteiger partial charge in [0.1, 0.15) is 72.9 Å². The van der Waals surface area contributed by atoms with Crippen molar-refractivity contribution < 1.29 is 41.4 Å². The number of hydrogen-bond acceptors (Lipinski definition) is 4. The number of aryl methyl sites for hydroxylation is 8. The van der Waals surface area contributed by atoms with Crippen LogP contribution in [0.2, 0.25) is 0 Å². The Hall–Kier alpha value is -13.6. The van der Waals surface area contributed by atoms with Crippen LogP contribution in [0.1, 0.15) is 128 Å². The summed E-state index contributed by atoms with van der Waals surface area (Å²) in [5.41, 5.74) is 25.4. The van der Waals surface area contributed by atoms with Crippen molar-refractivity contribution in [2.45, 2.75) is 125 Å².